The van der Waals surface area contributed by atoms with Crippen LogP contribution in [0.4, 0.5) is 15.9 Å². The van der Waals surface area contributed by atoms with E-state index in [9.17, 15) is 9.50 Å². The first-order valence-electron chi connectivity index (χ1n) is 13.1. The first-order valence-corrected chi connectivity index (χ1v) is 13.1. The maximum Gasteiger partial charge on any atom is 0.155 e. The third-order valence-corrected chi connectivity index (χ3v) is 8.08. The highest BCUT2D eigenvalue weighted by atomic mass is 19.1. The van der Waals surface area contributed by atoms with Gasteiger partial charge in [-0.05, 0) is 56.2 Å². The maximum absolute atomic E-state index is 14.4. The lowest BCUT2D eigenvalue weighted by molar-refractivity contribution is -0.0643. The van der Waals surface area contributed by atoms with Gasteiger partial charge in [0.05, 0.1) is 23.0 Å². The summed E-state index contributed by atoms with van der Waals surface area (Å²) < 4.78 is 14.4. The molecule has 2 N–H and O–H groups in total. The number of β-amino-alcohol motifs (C(OH)–C–C–N with tert-alkyl or cyclic N) is 1. The third-order valence-electron chi connectivity index (χ3n) is 8.08. The molecule has 6 nitrogen and oxygen atoms in total. The zero-order valence-corrected chi connectivity index (χ0v) is 21.6. The number of piperidine rings is 1. The van der Waals surface area contributed by atoms with E-state index in [1.807, 2.05) is 44.3 Å². The number of rotatable bonds is 7. The number of nitrogens with zero attached hydrogens (tertiary/aromatic N) is 4. The van der Waals surface area contributed by atoms with Crippen molar-refractivity contribution in [3.05, 3.63) is 72.5 Å². The van der Waals surface area contributed by atoms with E-state index in [4.69, 9.17) is 4.98 Å². The second kappa shape index (κ2) is 9.60. The Morgan fingerprint density at radius 1 is 1.17 bits per heavy atom. The van der Waals surface area contributed by atoms with Crippen molar-refractivity contribution in [2.75, 3.05) is 42.9 Å². The van der Waals surface area contributed by atoms with Gasteiger partial charge in [0.25, 0.3) is 0 Å². The average Bonchev–Trinajstić information content (AvgIpc) is 2.85. The van der Waals surface area contributed by atoms with Crippen LogP contribution in [0.5, 0.6) is 0 Å². The number of aliphatic hydroxyl groups is 1. The number of hydrogen-bond acceptors (Lipinski definition) is 6. The Kier molecular flexibility index (Phi) is 6.64. The maximum atomic E-state index is 14.4. The fraction of sp³-hybridized carbons (Fsp3) is 0.517. The quantitative estimate of drug-likeness (QED) is 0.573. The van der Waals surface area contributed by atoms with Crippen molar-refractivity contribution in [1.29, 1.82) is 0 Å². The minimum atomic E-state index is -0.650. The Balaban J connectivity index is 1.33. The van der Waals surface area contributed by atoms with Crippen LogP contribution in [0.15, 0.2) is 66.9 Å². The summed E-state index contributed by atoms with van der Waals surface area (Å²) >= 11 is 0. The van der Waals surface area contributed by atoms with E-state index in [-0.39, 0.29) is 11.7 Å². The fourth-order valence-electron chi connectivity index (χ4n) is 6.28. The van der Waals surface area contributed by atoms with Gasteiger partial charge < -0.3 is 15.3 Å². The van der Waals surface area contributed by atoms with Gasteiger partial charge in [-0.1, -0.05) is 43.3 Å². The summed E-state index contributed by atoms with van der Waals surface area (Å²) in [6, 6.07) is 10.1. The van der Waals surface area contributed by atoms with Gasteiger partial charge in [0.2, 0.25) is 0 Å². The molecular weight excluding hydrogens is 453 g/mol. The van der Waals surface area contributed by atoms with E-state index in [2.05, 4.69) is 39.2 Å². The van der Waals surface area contributed by atoms with Crippen molar-refractivity contribution in [3.63, 3.8) is 0 Å². The highest BCUT2D eigenvalue weighted by Crippen LogP contribution is 2.44. The van der Waals surface area contributed by atoms with Crippen molar-refractivity contribution in [2.45, 2.75) is 57.1 Å². The van der Waals surface area contributed by atoms with E-state index >= 15 is 0 Å². The summed E-state index contributed by atoms with van der Waals surface area (Å²) in [6.45, 7) is 10.6. The van der Waals surface area contributed by atoms with Crippen LogP contribution in [0.3, 0.4) is 0 Å². The molecule has 1 aliphatic carbocycles. The molecule has 2 aromatic rings. The number of likely N-dealkylation sites (tertiary alicyclic amines) is 1. The molecule has 0 bridgehead atoms. The number of nitrogens with one attached hydrogen (secondary N) is 1. The molecule has 0 amide bonds. The monoisotopic (exact) mass is 491 g/mol. The number of benzene rings is 1. The van der Waals surface area contributed by atoms with Crippen molar-refractivity contribution < 1.29 is 9.50 Å². The normalized spacial score (nSPS) is 26.0. The molecule has 2 aliphatic heterocycles. The SMILES string of the molecule is CCC1(Nc2cncnc2N2CCC3(CC2)CN(CC(C)(C)O)C3)C=CC(F)=CC1c1ccccc1. The third kappa shape index (κ3) is 5.04. The van der Waals surface area contributed by atoms with Crippen molar-refractivity contribution >= 4 is 11.5 Å². The lowest BCUT2D eigenvalue weighted by atomic mass is 9.71. The van der Waals surface area contributed by atoms with Gasteiger partial charge in [-0.2, -0.15) is 0 Å². The summed E-state index contributed by atoms with van der Waals surface area (Å²) in [6.07, 6.45) is 11.7. The van der Waals surface area contributed by atoms with Crippen LogP contribution >= 0.6 is 0 Å². The second-order valence-electron chi connectivity index (χ2n) is 11.5. The lowest BCUT2D eigenvalue weighted by Crippen LogP contribution is -2.62. The number of allylic oxidation sites excluding steroid dienone is 2. The molecule has 3 aliphatic rings. The minimum absolute atomic E-state index is 0.150. The summed E-state index contributed by atoms with van der Waals surface area (Å²) in [5.74, 6) is 0.554. The van der Waals surface area contributed by atoms with Crippen LogP contribution < -0.4 is 10.2 Å². The summed E-state index contributed by atoms with van der Waals surface area (Å²) in [7, 11) is 0. The standard InChI is InChI=1S/C29H38FN5O/c1-4-29(11-10-23(30)16-24(29)22-8-6-5-7-9-22)33-25-17-31-21-32-26(25)35-14-12-28(13-15-35)19-34(20-28)18-27(2,3)36/h5-11,16-17,21,24,33,36H,4,12-15,18-20H2,1-3H3. The molecule has 0 saturated carbocycles. The van der Waals surface area contributed by atoms with Crippen LogP contribution in [0.2, 0.25) is 0 Å². The van der Waals surface area contributed by atoms with Crippen LogP contribution in [-0.4, -0.2) is 63.8 Å². The summed E-state index contributed by atoms with van der Waals surface area (Å²) in [4.78, 5) is 13.8. The van der Waals surface area contributed by atoms with Crippen LogP contribution in [-0.2, 0) is 0 Å². The van der Waals surface area contributed by atoms with Gasteiger partial charge in [0, 0.05) is 38.6 Å². The number of halogens is 1. The van der Waals surface area contributed by atoms with E-state index in [0.717, 1.165) is 69.1 Å². The topological polar surface area (TPSA) is 64.5 Å². The van der Waals surface area contributed by atoms with Crippen molar-refractivity contribution in [1.82, 2.24) is 14.9 Å². The molecule has 2 fully saturated rings. The molecule has 1 spiro atoms. The van der Waals surface area contributed by atoms with Crippen LogP contribution in [0.25, 0.3) is 0 Å². The van der Waals surface area contributed by atoms with Gasteiger partial charge in [-0.3, -0.25) is 4.90 Å². The van der Waals surface area contributed by atoms with Gasteiger partial charge in [-0.25, -0.2) is 14.4 Å². The van der Waals surface area contributed by atoms with Gasteiger partial charge in [0.15, 0.2) is 5.82 Å². The molecule has 1 aromatic heterocycles. The minimum Gasteiger partial charge on any atom is -0.389 e. The van der Waals surface area contributed by atoms with Crippen molar-refractivity contribution in [2.24, 2.45) is 5.41 Å². The smallest absolute Gasteiger partial charge is 0.155 e. The molecule has 192 valence electrons. The highest BCUT2D eigenvalue weighted by molar-refractivity contribution is 5.67. The lowest BCUT2D eigenvalue weighted by Gasteiger charge is -2.55. The Bertz CT molecular complexity index is 1110. The molecule has 1 aromatic carbocycles. The van der Waals surface area contributed by atoms with Gasteiger partial charge in [0.1, 0.15) is 12.2 Å². The predicted octanol–water partition coefficient (Wildman–Crippen LogP) is 4.92. The van der Waals surface area contributed by atoms with Crippen LogP contribution in [0.1, 0.15) is 51.5 Å². The zero-order valence-electron chi connectivity index (χ0n) is 21.6. The molecule has 0 radical (unpaired) electrons. The summed E-state index contributed by atoms with van der Waals surface area (Å²) in [5, 5.41) is 13.9. The predicted molar refractivity (Wildman–Crippen MR) is 143 cm³/mol. The largest absolute Gasteiger partial charge is 0.389 e. The first kappa shape index (κ1) is 24.9. The molecule has 36 heavy (non-hydrogen) atoms. The molecular formula is C29H38FN5O. The zero-order chi connectivity index (χ0) is 25.4. The average molecular weight is 492 g/mol. The number of hydrogen-bond donors (Lipinski definition) is 2. The molecule has 3 heterocycles. The van der Waals surface area contributed by atoms with E-state index < -0.39 is 11.1 Å². The molecule has 2 atom stereocenters. The Labute approximate surface area is 213 Å². The summed E-state index contributed by atoms with van der Waals surface area (Å²) in [5.41, 5.74) is 1.17. The Morgan fingerprint density at radius 3 is 2.56 bits per heavy atom. The Morgan fingerprint density at radius 2 is 1.89 bits per heavy atom. The van der Waals surface area contributed by atoms with E-state index in [1.54, 1.807) is 18.5 Å². The molecule has 7 heteroatoms. The van der Waals surface area contributed by atoms with E-state index in [1.165, 1.54) is 0 Å². The van der Waals surface area contributed by atoms with Crippen molar-refractivity contribution in [3.8, 4) is 0 Å². The Hall–Kier alpha value is -2.77. The highest BCUT2D eigenvalue weighted by Gasteiger charge is 2.46. The number of anilines is 2. The first-order chi connectivity index (χ1) is 17.2. The van der Waals surface area contributed by atoms with Gasteiger partial charge in [-0.15, -0.1) is 0 Å². The molecule has 5 rings (SSSR count). The fourth-order valence-corrected chi connectivity index (χ4v) is 6.28. The van der Waals surface area contributed by atoms with E-state index in [0.29, 0.717) is 5.41 Å². The second-order valence-corrected chi connectivity index (χ2v) is 11.5. The number of aromatic nitrogens is 2. The van der Waals surface area contributed by atoms with Crippen LogP contribution in [0, 0.1) is 5.41 Å². The van der Waals surface area contributed by atoms with Gasteiger partial charge >= 0.3 is 0 Å². The molecule has 2 saturated heterocycles. The molecule has 2 unspecified atom stereocenters.